The van der Waals surface area contributed by atoms with Crippen LogP contribution >= 0.6 is 0 Å². The Hall–Kier alpha value is -1.39. The first-order valence-corrected chi connectivity index (χ1v) is 7.87. The number of aliphatic hydroxyl groups is 1. The quantitative estimate of drug-likeness (QED) is 0.941. The zero-order valence-electron chi connectivity index (χ0n) is 12.9. The summed E-state index contributed by atoms with van der Waals surface area (Å²) in [5.74, 6) is 0.963. The molecule has 0 spiro atoms. The van der Waals surface area contributed by atoms with E-state index in [0.717, 1.165) is 49.1 Å². The summed E-state index contributed by atoms with van der Waals surface area (Å²) in [5.41, 5.74) is 1.35. The Labute approximate surface area is 125 Å². The van der Waals surface area contributed by atoms with E-state index in [1.165, 1.54) is 0 Å². The second-order valence-corrected chi connectivity index (χ2v) is 6.01. The monoisotopic (exact) mass is 288 g/mol. The zero-order valence-corrected chi connectivity index (χ0v) is 12.9. The lowest BCUT2D eigenvalue weighted by atomic mass is 9.79. The number of nitrogens with zero attached hydrogens (tertiary/aromatic N) is 2. The molecule has 1 N–H and O–H groups in total. The number of benzene rings is 1. The molecule has 0 radical (unpaired) electrons. The van der Waals surface area contributed by atoms with E-state index in [2.05, 4.69) is 17.6 Å². The van der Waals surface area contributed by atoms with Crippen LogP contribution in [0.15, 0.2) is 24.3 Å². The van der Waals surface area contributed by atoms with E-state index < -0.39 is 5.60 Å². The molecule has 2 aromatic rings. The lowest BCUT2D eigenvalue weighted by molar-refractivity contribution is -0.117. The fraction of sp³-hybridized carbons (Fsp3) is 0.588. The Morgan fingerprint density at radius 1 is 1.38 bits per heavy atom. The molecule has 3 rings (SSSR count). The van der Waals surface area contributed by atoms with E-state index in [9.17, 15) is 5.11 Å². The van der Waals surface area contributed by atoms with Crippen molar-refractivity contribution >= 4 is 11.0 Å². The minimum atomic E-state index is -0.790. The molecule has 0 aliphatic heterocycles. The third kappa shape index (κ3) is 2.58. The molecule has 2 atom stereocenters. The SMILES string of the molecule is CCn1c(CC2(O)CCCCC2OC)nc2ccccc21. The fourth-order valence-electron chi connectivity index (χ4n) is 3.62. The molecule has 0 amide bonds. The maximum atomic E-state index is 11.1. The lowest BCUT2D eigenvalue weighted by Crippen LogP contribution is -2.48. The number of aryl methyl sites for hydroxylation is 1. The van der Waals surface area contributed by atoms with Crippen LogP contribution in [-0.4, -0.2) is 33.5 Å². The Kier molecular flexibility index (Phi) is 4.00. The minimum absolute atomic E-state index is 0.0867. The number of rotatable bonds is 4. The topological polar surface area (TPSA) is 47.3 Å². The van der Waals surface area contributed by atoms with Gasteiger partial charge in [0.05, 0.1) is 22.7 Å². The summed E-state index contributed by atoms with van der Waals surface area (Å²) in [4.78, 5) is 4.74. The van der Waals surface area contributed by atoms with Crippen molar-refractivity contribution in [3.8, 4) is 0 Å². The third-order valence-electron chi connectivity index (χ3n) is 4.72. The maximum Gasteiger partial charge on any atom is 0.112 e. The number of imidazole rings is 1. The molecule has 0 saturated heterocycles. The average molecular weight is 288 g/mol. The molecule has 114 valence electrons. The van der Waals surface area contributed by atoms with Crippen LogP contribution < -0.4 is 0 Å². The van der Waals surface area contributed by atoms with Gasteiger partial charge in [-0.25, -0.2) is 4.98 Å². The van der Waals surface area contributed by atoms with Gasteiger partial charge in [-0.05, 0) is 31.9 Å². The molecule has 1 aromatic carbocycles. The molecule has 4 heteroatoms. The van der Waals surface area contributed by atoms with Gasteiger partial charge in [-0.3, -0.25) is 0 Å². The van der Waals surface area contributed by atoms with Crippen LogP contribution in [0.4, 0.5) is 0 Å². The van der Waals surface area contributed by atoms with E-state index in [4.69, 9.17) is 9.72 Å². The summed E-state index contributed by atoms with van der Waals surface area (Å²) in [7, 11) is 1.70. The number of para-hydroxylation sites is 2. The average Bonchev–Trinajstić information content (AvgIpc) is 2.84. The first-order valence-electron chi connectivity index (χ1n) is 7.87. The molecule has 1 saturated carbocycles. The molecule has 1 heterocycles. The smallest absolute Gasteiger partial charge is 0.112 e. The molecular weight excluding hydrogens is 264 g/mol. The van der Waals surface area contributed by atoms with Crippen molar-refractivity contribution in [2.24, 2.45) is 0 Å². The van der Waals surface area contributed by atoms with Crippen LogP contribution in [0.2, 0.25) is 0 Å². The van der Waals surface area contributed by atoms with Crippen molar-refractivity contribution in [3.05, 3.63) is 30.1 Å². The maximum absolute atomic E-state index is 11.1. The molecule has 4 nitrogen and oxygen atoms in total. The van der Waals surface area contributed by atoms with Gasteiger partial charge in [-0.2, -0.15) is 0 Å². The highest BCUT2D eigenvalue weighted by Crippen LogP contribution is 2.33. The summed E-state index contributed by atoms with van der Waals surface area (Å²) >= 11 is 0. The number of hydrogen-bond acceptors (Lipinski definition) is 3. The Balaban J connectivity index is 1.96. The van der Waals surface area contributed by atoms with Crippen LogP contribution in [0.25, 0.3) is 11.0 Å². The Bertz CT molecular complexity index is 622. The standard InChI is InChI=1S/C17H24N2O2/c1-3-19-14-9-5-4-8-13(14)18-16(19)12-17(20)11-7-6-10-15(17)21-2/h4-5,8-9,15,20H,3,6-7,10-12H2,1-2H3. The highest BCUT2D eigenvalue weighted by molar-refractivity contribution is 5.75. The number of aromatic nitrogens is 2. The fourth-order valence-corrected chi connectivity index (χ4v) is 3.62. The van der Waals surface area contributed by atoms with Gasteiger partial charge in [0.2, 0.25) is 0 Å². The van der Waals surface area contributed by atoms with Crippen LogP contribution in [0.3, 0.4) is 0 Å². The largest absolute Gasteiger partial charge is 0.387 e. The second kappa shape index (κ2) is 5.78. The van der Waals surface area contributed by atoms with Gasteiger partial charge in [-0.1, -0.05) is 25.0 Å². The zero-order chi connectivity index (χ0) is 14.9. The first kappa shape index (κ1) is 14.5. The van der Waals surface area contributed by atoms with Crippen molar-refractivity contribution in [2.45, 2.75) is 57.3 Å². The summed E-state index contributed by atoms with van der Waals surface area (Å²) < 4.78 is 7.74. The number of hydrogen-bond donors (Lipinski definition) is 1. The van der Waals surface area contributed by atoms with E-state index >= 15 is 0 Å². The molecular formula is C17H24N2O2. The highest BCUT2D eigenvalue weighted by Gasteiger charge is 2.40. The normalized spacial score (nSPS) is 26.3. The van der Waals surface area contributed by atoms with E-state index in [0.29, 0.717) is 6.42 Å². The van der Waals surface area contributed by atoms with Gasteiger partial charge in [0.1, 0.15) is 5.82 Å². The van der Waals surface area contributed by atoms with Crippen LogP contribution in [0.1, 0.15) is 38.4 Å². The number of methoxy groups -OCH3 is 1. The molecule has 1 aliphatic rings. The third-order valence-corrected chi connectivity index (χ3v) is 4.72. The minimum Gasteiger partial charge on any atom is -0.387 e. The molecule has 1 aromatic heterocycles. The van der Waals surface area contributed by atoms with E-state index in [1.54, 1.807) is 7.11 Å². The van der Waals surface area contributed by atoms with Crippen molar-refractivity contribution in [1.82, 2.24) is 9.55 Å². The summed E-state index contributed by atoms with van der Waals surface area (Å²) in [5, 5.41) is 11.1. The highest BCUT2D eigenvalue weighted by atomic mass is 16.5. The van der Waals surface area contributed by atoms with Gasteiger partial charge >= 0.3 is 0 Å². The molecule has 0 bridgehead atoms. The summed E-state index contributed by atoms with van der Waals surface area (Å²) in [6, 6.07) is 8.16. The molecule has 21 heavy (non-hydrogen) atoms. The summed E-state index contributed by atoms with van der Waals surface area (Å²) in [6.45, 7) is 2.99. The van der Waals surface area contributed by atoms with Crippen molar-refractivity contribution in [3.63, 3.8) is 0 Å². The summed E-state index contributed by atoms with van der Waals surface area (Å²) in [6.07, 6.45) is 4.39. The van der Waals surface area contributed by atoms with Crippen LogP contribution in [0.5, 0.6) is 0 Å². The second-order valence-electron chi connectivity index (χ2n) is 6.01. The van der Waals surface area contributed by atoms with Gasteiger partial charge in [0, 0.05) is 20.1 Å². The molecule has 1 aliphatic carbocycles. The van der Waals surface area contributed by atoms with Crippen LogP contribution in [0, 0.1) is 0 Å². The molecule has 1 fully saturated rings. The van der Waals surface area contributed by atoms with Gasteiger partial charge in [0.15, 0.2) is 0 Å². The van der Waals surface area contributed by atoms with Crippen LogP contribution in [-0.2, 0) is 17.7 Å². The van der Waals surface area contributed by atoms with Gasteiger partial charge in [0.25, 0.3) is 0 Å². The Morgan fingerprint density at radius 2 is 2.19 bits per heavy atom. The van der Waals surface area contributed by atoms with Crippen molar-refractivity contribution < 1.29 is 9.84 Å². The first-order chi connectivity index (χ1) is 10.2. The number of fused-ring (bicyclic) bond motifs is 1. The Morgan fingerprint density at radius 3 is 2.95 bits per heavy atom. The van der Waals surface area contributed by atoms with E-state index in [-0.39, 0.29) is 6.10 Å². The number of ether oxygens (including phenoxy) is 1. The molecule has 2 unspecified atom stereocenters. The van der Waals surface area contributed by atoms with Crippen molar-refractivity contribution in [2.75, 3.05) is 7.11 Å². The van der Waals surface area contributed by atoms with Crippen molar-refractivity contribution in [1.29, 1.82) is 0 Å². The predicted octanol–water partition coefficient (Wildman–Crippen LogP) is 2.92. The predicted molar refractivity (Wildman–Crippen MR) is 83.3 cm³/mol. The van der Waals surface area contributed by atoms with Gasteiger partial charge < -0.3 is 14.4 Å². The van der Waals surface area contributed by atoms with Gasteiger partial charge in [-0.15, -0.1) is 0 Å². The van der Waals surface area contributed by atoms with E-state index in [1.807, 2.05) is 18.2 Å². The lowest BCUT2D eigenvalue weighted by Gasteiger charge is -2.38.